The molecule has 31 heavy (non-hydrogen) atoms. The molecule has 3 amide bonds. The molecule has 0 radical (unpaired) electrons. The Hall–Kier alpha value is -3.44. The summed E-state index contributed by atoms with van der Waals surface area (Å²) in [6.07, 6.45) is -0.500. The molecule has 2 aliphatic rings. The Morgan fingerprint density at radius 2 is 1.87 bits per heavy atom. The van der Waals surface area contributed by atoms with E-state index >= 15 is 0 Å². The molecule has 2 aliphatic heterocycles. The van der Waals surface area contributed by atoms with Crippen molar-refractivity contribution in [2.24, 2.45) is 0 Å². The number of para-hydroxylation sites is 2. The number of carbonyl (C=O) groups is 3. The third-order valence-electron chi connectivity index (χ3n) is 4.94. The molecule has 0 spiro atoms. The largest absolute Gasteiger partial charge is 0.447 e. The van der Waals surface area contributed by atoms with Crippen molar-refractivity contribution in [1.29, 1.82) is 0 Å². The molecule has 2 aromatic rings. The van der Waals surface area contributed by atoms with Gasteiger partial charge in [-0.3, -0.25) is 14.5 Å². The molecule has 0 aromatic heterocycles. The van der Waals surface area contributed by atoms with Gasteiger partial charge < -0.3 is 15.4 Å². The summed E-state index contributed by atoms with van der Waals surface area (Å²) in [4.78, 5) is 37.7. The summed E-state index contributed by atoms with van der Waals surface area (Å²) >= 11 is 0. The number of nitrogens with zero attached hydrogens (tertiary/aromatic N) is 2. The van der Waals surface area contributed by atoms with Gasteiger partial charge in [-0.15, -0.1) is 0 Å². The molecular weight excluding hydrogens is 424 g/mol. The maximum absolute atomic E-state index is 12.9. The fourth-order valence-electron chi connectivity index (χ4n) is 3.39. The molecule has 0 saturated carbocycles. The first-order chi connectivity index (χ1) is 14.9. The minimum absolute atomic E-state index is 0.0775. The van der Waals surface area contributed by atoms with E-state index in [-0.39, 0.29) is 42.6 Å². The van der Waals surface area contributed by atoms with Crippen molar-refractivity contribution in [2.45, 2.75) is 4.90 Å². The third-order valence-corrected chi connectivity index (χ3v) is 6.78. The summed E-state index contributed by atoms with van der Waals surface area (Å²) in [5.41, 5.74) is 1.01. The van der Waals surface area contributed by atoms with Crippen LogP contribution in [0, 0.1) is 0 Å². The highest BCUT2D eigenvalue weighted by Gasteiger charge is 2.30. The molecule has 10 nitrogen and oxygen atoms in total. The van der Waals surface area contributed by atoms with Crippen LogP contribution in [-0.4, -0.2) is 63.4 Å². The molecule has 2 fully saturated rings. The van der Waals surface area contributed by atoms with Gasteiger partial charge >= 0.3 is 6.09 Å². The number of nitrogens with one attached hydrogen (secondary N) is 2. The van der Waals surface area contributed by atoms with Gasteiger partial charge in [-0.2, -0.15) is 4.31 Å². The van der Waals surface area contributed by atoms with Gasteiger partial charge in [-0.25, -0.2) is 13.2 Å². The Kier molecular flexibility index (Phi) is 5.61. The van der Waals surface area contributed by atoms with Crippen LogP contribution in [0.3, 0.4) is 0 Å². The number of hydrogen-bond acceptors (Lipinski definition) is 6. The molecule has 2 saturated heterocycles. The molecule has 0 atom stereocenters. The van der Waals surface area contributed by atoms with Gasteiger partial charge in [-0.1, -0.05) is 18.2 Å². The van der Waals surface area contributed by atoms with Gasteiger partial charge in [0, 0.05) is 18.7 Å². The van der Waals surface area contributed by atoms with Gasteiger partial charge in [0.05, 0.1) is 29.4 Å². The Bertz CT molecular complexity index is 1150. The molecule has 2 heterocycles. The Morgan fingerprint density at radius 3 is 2.61 bits per heavy atom. The summed E-state index contributed by atoms with van der Waals surface area (Å²) in [7, 11) is -3.93. The monoisotopic (exact) mass is 444 g/mol. The Labute approximate surface area is 178 Å². The lowest BCUT2D eigenvalue weighted by Crippen LogP contribution is -2.49. The second kappa shape index (κ2) is 8.36. The van der Waals surface area contributed by atoms with Crippen molar-refractivity contribution >= 4 is 39.3 Å². The highest BCUT2D eigenvalue weighted by atomic mass is 32.2. The number of rotatable bonds is 5. The Balaban J connectivity index is 1.57. The second-order valence-corrected chi connectivity index (χ2v) is 8.89. The lowest BCUT2D eigenvalue weighted by Gasteiger charge is -2.26. The minimum Gasteiger partial charge on any atom is -0.447 e. The van der Waals surface area contributed by atoms with E-state index < -0.39 is 22.0 Å². The molecule has 11 heteroatoms. The topological polar surface area (TPSA) is 125 Å². The molecule has 162 valence electrons. The predicted molar refractivity (Wildman–Crippen MR) is 111 cm³/mol. The average molecular weight is 444 g/mol. The van der Waals surface area contributed by atoms with Crippen LogP contribution in [-0.2, 0) is 19.6 Å². The number of piperazine rings is 1. The number of amides is 3. The number of cyclic esters (lactones) is 1. The van der Waals surface area contributed by atoms with Crippen LogP contribution in [0.25, 0.3) is 0 Å². The summed E-state index contributed by atoms with van der Waals surface area (Å²) in [5.74, 6) is -0.908. The first kappa shape index (κ1) is 20.8. The maximum Gasteiger partial charge on any atom is 0.414 e. The summed E-state index contributed by atoms with van der Waals surface area (Å²) in [6, 6.07) is 12.4. The van der Waals surface area contributed by atoms with Crippen LogP contribution in [0.1, 0.15) is 10.4 Å². The zero-order chi connectivity index (χ0) is 22.0. The number of benzene rings is 2. The van der Waals surface area contributed by atoms with E-state index in [9.17, 15) is 22.8 Å². The standard InChI is InChI=1S/C20H20N4O6S/c25-18-13-23(9-8-21-18)31(28,29)15-5-3-4-14(12-15)19(26)22-16-6-1-2-7-17(16)24-10-11-30-20(24)27/h1-7,12H,8-11,13H2,(H,21,25)(H,22,26). The zero-order valence-corrected chi connectivity index (χ0v) is 17.2. The fraction of sp³-hybridized carbons (Fsp3) is 0.250. The van der Waals surface area contributed by atoms with Crippen LogP contribution in [0.5, 0.6) is 0 Å². The van der Waals surface area contributed by atoms with Gasteiger partial charge in [0.2, 0.25) is 15.9 Å². The van der Waals surface area contributed by atoms with Crippen molar-refractivity contribution in [2.75, 3.05) is 43.0 Å². The maximum atomic E-state index is 12.9. The second-order valence-electron chi connectivity index (χ2n) is 6.95. The van der Waals surface area contributed by atoms with E-state index in [0.29, 0.717) is 17.9 Å². The number of anilines is 2. The minimum atomic E-state index is -3.93. The number of sulfonamides is 1. The molecule has 0 aliphatic carbocycles. The number of ether oxygens (including phenoxy) is 1. The summed E-state index contributed by atoms with van der Waals surface area (Å²) < 4.78 is 31.8. The van der Waals surface area contributed by atoms with Gasteiger partial charge in [0.15, 0.2) is 0 Å². The average Bonchev–Trinajstić information content (AvgIpc) is 3.20. The normalized spacial score (nSPS) is 17.2. The van der Waals surface area contributed by atoms with Gasteiger partial charge in [0.1, 0.15) is 6.61 Å². The molecule has 4 rings (SSSR count). The van der Waals surface area contributed by atoms with E-state index in [2.05, 4.69) is 10.6 Å². The van der Waals surface area contributed by atoms with E-state index in [1.54, 1.807) is 24.3 Å². The molecule has 2 N–H and O–H groups in total. The van der Waals surface area contributed by atoms with E-state index in [0.717, 1.165) is 4.31 Å². The number of hydrogen-bond donors (Lipinski definition) is 2. The van der Waals surface area contributed by atoms with E-state index in [1.165, 1.54) is 29.2 Å². The first-order valence-electron chi connectivity index (χ1n) is 9.58. The first-order valence-corrected chi connectivity index (χ1v) is 11.0. The van der Waals surface area contributed by atoms with Gasteiger partial charge in [-0.05, 0) is 30.3 Å². The van der Waals surface area contributed by atoms with Crippen LogP contribution in [0.4, 0.5) is 16.2 Å². The van der Waals surface area contributed by atoms with Crippen molar-refractivity contribution in [3.8, 4) is 0 Å². The van der Waals surface area contributed by atoms with Crippen LogP contribution in [0.15, 0.2) is 53.4 Å². The van der Waals surface area contributed by atoms with E-state index in [1.807, 2.05) is 0 Å². The SMILES string of the molecule is O=C1CN(S(=O)(=O)c2cccc(C(=O)Nc3ccccc3N3CCOC3=O)c2)CCN1. The molecular formula is C20H20N4O6S. The highest BCUT2D eigenvalue weighted by Crippen LogP contribution is 2.28. The van der Waals surface area contributed by atoms with Crippen LogP contribution in [0.2, 0.25) is 0 Å². The summed E-state index contributed by atoms with van der Waals surface area (Å²) in [6.45, 7) is 0.744. The van der Waals surface area contributed by atoms with E-state index in [4.69, 9.17) is 4.74 Å². The molecule has 2 aromatic carbocycles. The Morgan fingerprint density at radius 1 is 1.06 bits per heavy atom. The van der Waals surface area contributed by atoms with Crippen LogP contribution >= 0.6 is 0 Å². The lowest BCUT2D eigenvalue weighted by molar-refractivity contribution is -0.122. The van der Waals surface area contributed by atoms with Crippen LogP contribution < -0.4 is 15.5 Å². The number of carbonyl (C=O) groups excluding carboxylic acids is 3. The smallest absolute Gasteiger partial charge is 0.414 e. The van der Waals surface area contributed by atoms with Crippen molar-refractivity contribution in [1.82, 2.24) is 9.62 Å². The quantitative estimate of drug-likeness (QED) is 0.709. The van der Waals surface area contributed by atoms with Crippen molar-refractivity contribution in [3.63, 3.8) is 0 Å². The highest BCUT2D eigenvalue weighted by molar-refractivity contribution is 7.89. The zero-order valence-electron chi connectivity index (χ0n) is 16.4. The predicted octanol–water partition coefficient (Wildman–Crippen LogP) is 1.02. The van der Waals surface area contributed by atoms with Crippen molar-refractivity contribution in [3.05, 3.63) is 54.1 Å². The lowest BCUT2D eigenvalue weighted by atomic mass is 10.2. The third kappa shape index (κ3) is 4.23. The van der Waals surface area contributed by atoms with Crippen molar-refractivity contribution < 1.29 is 27.5 Å². The molecule has 0 unspecified atom stereocenters. The fourth-order valence-corrected chi connectivity index (χ4v) is 4.83. The molecule has 0 bridgehead atoms. The summed E-state index contributed by atoms with van der Waals surface area (Å²) in [5, 5.41) is 5.31. The van der Waals surface area contributed by atoms with Gasteiger partial charge in [0.25, 0.3) is 5.91 Å².